The van der Waals surface area contributed by atoms with Gasteiger partial charge in [-0.25, -0.2) is 0 Å². The van der Waals surface area contributed by atoms with Crippen molar-refractivity contribution in [3.05, 3.63) is 47.1 Å². The molecule has 4 rings (SSSR count). The summed E-state index contributed by atoms with van der Waals surface area (Å²) in [5.41, 5.74) is 8.43. The minimum absolute atomic E-state index is 0.478. The molecule has 2 N–H and O–H groups in total. The molecule has 1 atom stereocenters. The van der Waals surface area contributed by atoms with Gasteiger partial charge in [0, 0.05) is 5.92 Å². The van der Waals surface area contributed by atoms with Gasteiger partial charge in [0.1, 0.15) is 5.54 Å². The number of hydrogen-bond acceptors (Lipinski definition) is 4. The van der Waals surface area contributed by atoms with Crippen LogP contribution in [0.1, 0.15) is 48.0 Å². The topological polar surface area (TPSA) is 64.9 Å². The lowest BCUT2D eigenvalue weighted by atomic mass is 9.92. The van der Waals surface area contributed by atoms with Crippen LogP contribution in [0.4, 0.5) is 0 Å². The molecule has 0 saturated heterocycles. The van der Waals surface area contributed by atoms with Gasteiger partial charge in [0.25, 0.3) is 0 Å². The van der Waals surface area contributed by atoms with Crippen LogP contribution in [-0.4, -0.2) is 10.1 Å². The van der Waals surface area contributed by atoms with E-state index in [1.165, 1.54) is 5.56 Å². The molecule has 0 spiro atoms. The molecule has 2 aliphatic rings. The Labute approximate surface area is 105 Å². The molecule has 1 aromatic heterocycles. The van der Waals surface area contributed by atoms with Crippen molar-refractivity contribution >= 4 is 0 Å². The maximum absolute atomic E-state index is 6.54. The van der Waals surface area contributed by atoms with Gasteiger partial charge in [-0.3, -0.25) is 0 Å². The highest BCUT2D eigenvalue weighted by Crippen LogP contribution is 2.42. The van der Waals surface area contributed by atoms with Crippen molar-refractivity contribution in [2.75, 3.05) is 0 Å². The lowest BCUT2D eigenvalue weighted by molar-refractivity contribution is 0.361. The zero-order valence-corrected chi connectivity index (χ0v) is 10.1. The number of nitrogens with zero attached hydrogens (tertiary/aromatic N) is 2. The normalized spacial score (nSPS) is 26.3. The summed E-state index contributed by atoms with van der Waals surface area (Å²) in [6.45, 7) is 0. The molecule has 18 heavy (non-hydrogen) atoms. The summed E-state index contributed by atoms with van der Waals surface area (Å²) in [4.78, 5) is 4.52. The molecule has 2 aliphatic carbocycles. The number of rotatable bonds is 2. The van der Waals surface area contributed by atoms with Crippen LogP contribution in [0.5, 0.6) is 0 Å². The van der Waals surface area contributed by atoms with E-state index in [0.29, 0.717) is 11.7 Å². The number of fused-ring (bicyclic) bond motifs is 1. The van der Waals surface area contributed by atoms with Gasteiger partial charge in [-0.2, -0.15) is 4.98 Å². The molecule has 0 radical (unpaired) electrons. The third-order valence-electron chi connectivity index (χ3n) is 4.05. The summed E-state index contributed by atoms with van der Waals surface area (Å²) in [5.74, 6) is 1.89. The van der Waals surface area contributed by atoms with Crippen molar-refractivity contribution in [3.63, 3.8) is 0 Å². The van der Waals surface area contributed by atoms with Crippen molar-refractivity contribution in [1.29, 1.82) is 0 Å². The van der Waals surface area contributed by atoms with E-state index in [9.17, 15) is 0 Å². The molecule has 0 bridgehead atoms. The van der Waals surface area contributed by atoms with Gasteiger partial charge in [0.2, 0.25) is 5.89 Å². The summed E-state index contributed by atoms with van der Waals surface area (Å²) in [6, 6.07) is 8.28. The van der Waals surface area contributed by atoms with E-state index in [1.807, 2.05) is 6.07 Å². The number of aryl methyl sites for hydroxylation is 1. The number of aromatic nitrogens is 2. The molecule has 4 heteroatoms. The minimum atomic E-state index is -0.562. The van der Waals surface area contributed by atoms with Crippen LogP contribution in [0.2, 0.25) is 0 Å². The first kappa shape index (κ1) is 10.3. The van der Waals surface area contributed by atoms with Gasteiger partial charge in [0.05, 0.1) is 0 Å². The molecule has 1 fully saturated rings. The van der Waals surface area contributed by atoms with Gasteiger partial charge in [0.15, 0.2) is 5.82 Å². The zero-order chi connectivity index (χ0) is 12.2. The predicted octanol–water partition coefficient (Wildman–Crippen LogP) is 2.10. The average molecular weight is 241 g/mol. The molecule has 1 saturated carbocycles. The highest BCUT2D eigenvalue weighted by atomic mass is 16.5. The Morgan fingerprint density at radius 3 is 2.94 bits per heavy atom. The Hall–Kier alpha value is -1.68. The molecule has 2 aromatic rings. The van der Waals surface area contributed by atoms with Crippen molar-refractivity contribution in [3.8, 4) is 0 Å². The van der Waals surface area contributed by atoms with E-state index >= 15 is 0 Å². The van der Waals surface area contributed by atoms with E-state index < -0.39 is 5.54 Å². The number of hydrogen-bond donors (Lipinski definition) is 1. The quantitative estimate of drug-likeness (QED) is 0.874. The zero-order valence-electron chi connectivity index (χ0n) is 10.1. The van der Waals surface area contributed by atoms with Gasteiger partial charge in [-0.1, -0.05) is 29.4 Å². The van der Waals surface area contributed by atoms with E-state index in [2.05, 4.69) is 28.3 Å². The molecular formula is C14H15N3O. The summed E-state index contributed by atoms with van der Waals surface area (Å²) in [5, 5.41) is 4.12. The van der Waals surface area contributed by atoms with Crippen molar-refractivity contribution in [2.24, 2.45) is 5.73 Å². The lowest BCUT2D eigenvalue weighted by Gasteiger charge is -2.20. The first-order valence-electron chi connectivity index (χ1n) is 6.49. The minimum Gasteiger partial charge on any atom is -0.339 e. The molecule has 1 unspecified atom stereocenters. The number of nitrogens with two attached hydrogens (primary N) is 1. The van der Waals surface area contributed by atoms with Gasteiger partial charge >= 0.3 is 0 Å². The van der Waals surface area contributed by atoms with Crippen molar-refractivity contribution in [1.82, 2.24) is 10.1 Å². The second-order valence-corrected chi connectivity index (χ2v) is 5.36. The summed E-state index contributed by atoms with van der Waals surface area (Å²) in [7, 11) is 0. The van der Waals surface area contributed by atoms with Crippen LogP contribution in [0.25, 0.3) is 0 Å². The Morgan fingerprint density at radius 2 is 2.11 bits per heavy atom. The highest BCUT2D eigenvalue weighted by molar-refractivity contribution is 5.42. The Bertz CT molecular complexity index is 603. The monoisotopic (exact) mass is 241 g/mol. The lowest BCUT2D eigenvalue weighted by Crippen LogP contribution is -2.36. The highest BCUT2D eigenvalue weighted by Gasteiger charge is 2.41. The second-order valence-electron chi connectivity index (χ2n) is 5.36. The average Bonchev–Trinajstić information content (AvgIpc) is 3.02. The molecule has 0 aliphatic heterocycles. The van der Waals surface area contributed by atoms with Crippen LogP contribution in [0.15, 0.2) is 28.8 Å². The molecule has 0 amide bonds. The van der Waals surface area contributed by atoms with Gasteiger partial charge < -0.3 is 10.3 Å². The Morgan fingerprint density at radius 1 is 1.28 bits per heavy atom. The van der Waals surface area contributed by atoms with Gasteiger partial charge in [-0.15, -0.1) is 0 Å². The van der Waals surface area contributed by atoms with Crippen molar-refractivity contribution in [2.45, 2.75) is 37.1 Å². The fourth-order valence-electron chi connectivity index (χ4n) is 2.78. The smallest absolute Gasteiger partial charge is 0.229 e. The standard InChI is InChI=1S/C14H15N3O/c15-14(8-7-9-3-1-2-4-11(9)14)13-16-12(18-17-13)10-5-6-10/h1-4,10H,5-8,15H2. The fraction of sp³-hybridized carbons (Fsp3) is 0.429. The SMILES string of the molecule is NC1(c2noc(C3CC3)n2)CCc2ccccc21. The van der Waals surface area contributed by atoms with E-state index in [0.717, 1.165) is 37.1 Å². The maximum atomic E-state index is 6.54. The predicted molar refractivity (Wildman–Crippen MR) is 66.0 cm³/mol. The van der Waals surface area contributed by atoms with Crippen LogP contribution in [-0.2, 0) is 12.0 Å². The first-order chi connectivity index (χ1) is 8.77. The van der Waals surface area contributed by atoms with Crippen LogP contribution in [0, 0.1) is 0 Å². The summed E-state index contributed by atoms with van der Waals surface area (Å²) >= 11 is 0. The second kappa shape index (κ2) is 3.42. The fourth-order valence-corrected chi connectivity index (χ4v) is 2.78. The maximum Gasteiger partial charge on any atom is 0.229 e. The summed E-state index contributed by atoms with van der Waals surface area (Å²) in [6.07, 6.45) is 4.17. The van der Waals surface area contributed by atoms with Crippen molar-refractivity contribution < 1.29 is 4.52 Å². The molecule has 1 heterocycles. The third kappa shape index (κ3) is 1.35. The van der Waals surface area contributed by atoms with E-state index in [1.54, 1.807) is 0 Å². The Kier molecular flexibility index (Phi) is 1.95. The molecule has 4 nitrogen and oxygen atoms in total. The van der Waals surface area contributed by atoms with E-state index in [4.69, 9.17) is 10.3 Å². The van der Waals surface area contributed by atoms with Crippen LogP contribution < -0.4 is 5.73 Å². The van der Waals surface area contributed by atoms with Crippen LogP contribution >= 0.6 is 0 Å². The summed E-state index contributed by atoms with van der Waals surface area (Å²) < 4.78 is 5.34. The Balaban J connectivity index is 1.78. The molecular weight excluding hydrogens is 226 g/mol. The first-order valence-corrected chi connectivity index (χ1v) is 6.49. The van der Waals surface area contributed by atoms with E-state index in [-0.39, 0.29) is 0 Å². The number of benzene rings is 1. The van der Waals surface area contributed by atoms with Gasteiger partial charge in [-0.05, 0) is 36.8 Å². The largest absolute Gasteiger partial charge is 0.339 e. The molecule has 1 aromatic carbocycles. The van der Waals surface area contributed by atoms with Crippen LogP contribution in [0.3, 0.4) is 0 Å². The molecule has 92 valence electrons. The third-order valence-corrected chi connectivity index (χ3v) is 4.05.